The van der Waals surface area contributed by atoms with Gasteiger partial charge in [-0.15, -0.1) is 6.58 Å². The van der Waals surface area contributed by atoms with Gasteiger partial charge in [-0.3, -0.25) is 0 Å². The summed E-state index contributed by atoms with van der Waals surface area (Å²) in [5.74, 6) is 5.70. The lowest BCUT2D eigenvalue weighted by Crippen LogP contribution is -2.45. The second kappa shape index (κ2) is 35.4. The third-order valence-electron chi connectivity index (χ3n) is 33.4. The van der Waals surface area contributed by atoms with Crippen LogP contribution in [-0.2, 0) is 15.6 Å². The highest BCUT2D eigenvalue weighted by molar-refractivity contribution is 5.74. The predicted octanol–water partition coefficient (Wildman–Crippen LogP) is 31.6. The number of halogens is 2. The highest BCUT2D eigenvalue weighted by atomic mass is 19.1. The first kappa shape index (κ1) is 85.4. The maximum Gasteiger partial charge on any atom is 0.128 e. The van der Waals surface area contributed by atoms with Gasteiger partial charge in [0.1, 0.15) is 35.4 Å². The maximum atomic E-state index is 14.7. The Bertz CT molecular complexity index is 5880. The van der Waals surface area contributed by atoms with Gasteiger partial charge >= 0.3 is 0 Å². The van der Waals surface area contributed by atoms with Gasteiger partial charge in [0.25, 0.3) is 0 Å². The second-order valence-corrected chi connectivity index (χ2v) is 42.5. The fraction of sp³-hybridized carbons (Fsp3) is 0.398. The van der Waals surface area contributed by atoms with Gasteiger partial charge in [-0.25, -0.2) is 8.78 Å². The van der Waals surface area contributed by atoms with Crippen molar-refractivity contribution in [3.8, 4) is 11.5 Å². The van der Waals surface area contributed by atoms with Gasteiger partial charge in [0.05, 0.1) is 18.2 Å². The molecule has 0 amide bonds. The van der Waals surface area contributed by atoms with E-state index >= 15 is 0 Å². The molecule has 16 atom stereocenters. The summed E-state index contributed by atoms with van der Waals surface area (Å²) >= 11 is 0. The molecule has 5 aromatic rings. The Morgan fingerprint density at radius 1 is 0.574 bits per heavy atom. The van der Waals surface area contributed by atoms with Gasteiger partial charge in [0.2, 0.25) is 0 Å². The van der Waals surface area contributed by atoms with Gasteiger partial charge in [-0.2, -0.15) is 0 Å². The van der Waals surface area contributed by atoms with Crippen LogP contribution in [0.1, 0.15) is 246 Å². The molecule has 0 spiro atoms. The van der Waals surface area contributed by atoms with Crippen LogP contribution in [0.5, 0.6) is 11.5 Å². The van der Waals surface area contributed by atoms with E-state index in [1.807, 2.05) is 12.2 Å². The number of allylic oxidation sites excluding steroid dienone is 34. The SMILES string of the molecule is C=Cc1ccc(OC2=CC=C(C3(c4ccc(C(C)(C)C)cc4)C4=C(C=CCC4)C4C=CC(N(C5=CC6c7cc(C(c8ccc(C9=CC=CC(C%10=CC=C(F)CC%10)C9)cc8)C8C=CC9=C(C8)C(C8=CCC(OC%10C=CC(C=C)CC%10)C=C8)(C8=CCC(C(C)(C)C)CC8)C8CCC=CC98)ccc7OC6C=C5)c5ccc(C6=CC(C7CCC(F)CC7)=CCC6)cc5)CC43)CC2)cc1. The number of rotatable bonds is 20. The first-order valence-electron chi connectivity index (χ1n) is 49.6. The summed E-state index contributed by atoms with van der Waals surface area (Å²) in [6.07, 6.45) is 88.1. The molecule has 660 valence electrons. The molecule has 129 heavy (non-hydrogen) atoms. The van der Waals surface area contributed by atoms with Gasteiger partial charge in [-0.1, -0.05) is 301 Å². The molecule has 16 aliphatic rings. The minimum atomic E-state index is -0.680. The van der Waals surface area contributed by atoms with Crippen molar-refractivity contribution in [2.45, 2.75) is 242 Å². The van der Waals surface area contributed by atoms with E-state index in [-0.39, 0.29) is 87.3 Å². The van der Waals surface area contributed by atoms with Crippen LogP contribution in [0.15, 0.2) is 360 Å². The van der Waals surface area contributed by atoms with Crippen molar-refractivity contribution in [3.05, 3.63) is 404 Å². The van der Waals surface area contributed by atoms with E-state index in [9.17, 15) is 8.78 Å². The first-order chi connectivity index (χ1) is 62.8. The summed E-state index contributed by atoms with van der Waals surface area (Å²) < 4.78 is 50.3. The lowest BCUT2D eigenvalue weighted by molar-refractivity contribution is 0.0322. The number of hydrogen-bond donors (Lipinski definition) is 0. The molecule has 4 nitrogen and oxygen atoms in total. The van der Waals surface area contributed by atoms with E-state index in [4.69, 9.17) is 14.2 Å². The molecule has 15 aliphatic carbocycles. The first-order valence-corrected chi connectivity index (χ1v) is 49.6. The standard InChI is InChI=1S/C123H131F2NO3/c1-9-79-25-61-103(62-26-79)127-105-65-49-96(50-66-105)122(94-45-41-92(42-46-94)120(3,4)5)113-23-13-11-21-107(113)109-69-39-91(76-115(109)122)119(85-31-29-81(30-32-85)86-17-15-18-87(73-86)82-33-53-98(124)54-34-82)90-40-71-117-111(75-90)112-77-101(60-72-118(112)129-117)126(100-57-37-84(38-58-100)89-20-16-19-88(74-89)83-35-55-99(125)56-36-83)102-59-70-110-108-22-12-14-24-114(108)123(116(110)78-102,95-47-43-93(44-48-95)121(6,7)8)97-51-67-106(68-52-97)128-104-63-27-80(10-2)28-64-104/h9-12,15,17-19,21-22,25,27-33,37-40,43-45,47-51,53,57-61,63-65,67,69-72,74-75,77,79,83,87,91-92,99,102-103,105,107,110,112-113,116,118-119H,1-2,13-14,16,20,23-24,26,34-36,41-42,46,52,54-56,62,66,68,73,76,78H2,3-8H3. The number of benzene rings is 5. The smallest absolute Gasteiger partial charge is 0.128 e. The van der Waals surface area contributed by atoms with Crippen molar-refractivity contribution in [1.29, 1.82) is 0 Å². The van der Waals surface area contributed by atoms with Crippen molar-refractivity contribution in [3.63, 3.8) is 0 Å². The number of hydrogen-bond acceptors (Lipinski definition) is 4. The Labute approximate surface area is 768 Å². The van der Waals surface area contributed by atoms with Gasteiger partial charge in [0.15, 0.2) is 0 Å². The molecule has 0 saturated heterocycles. The third kappa shape index (κ3) is 16.2. The highest BCUT2D eigenvalue weighted by Gasteiger charge is 2.60. The Morgan fingerprint density at radius 3 is 2.12 bits per heavy atom. The largest absolute Gasteiger partial charge is 0.485 e. The van der Waals surface area contributed by atoms with Crippen LogP contribution in [0.4, 0.5) is 14.5 Å². The van der Waals surface area contributed by atoms with Crippen LogP contribution in [0, 0.1) is 64.1 Å². The van der Waals surface area contributed by atoms with E-state index < -0.39 is 6.17 Å². The molecule has 16 unspecified atom stereocenters. The molecular weight excluding hydrogens is 1580 g/mol. The Hall–Kier alpha value is -10.4. The lowest BCUT2D eigenvalue weighted by Gasteiger charge is -2.48. The predicted molar refractivity (Wildman–Crippen MR) is 531 cm³/mol. The van der Waals surface area contributed by atoms with Gasteiger partial charge in [0, 0.05) is 70.2 Å². The molecule has 1 saturated carbocycles. The molecule has 5 aromatic carbocycles. The van der Waals surface area contributed by atoms with Crippen LogP contribution in [0.3, 0.4) is 0 Å². The molecule has 0 bridgehead atoms. The average Bonchev–Trinajstić information content (AvgIpc) is 1.54. The summed E-state index contributed by atoms with van der Waals surface area (Å²) in [5, 5.41) is 0. The molecule has 0 radical (unpaired) electrons. The number of anilines is 1. The summed E-state index contributed by atoms with van der Waals surface area (Å²) in [5.41, 5.74) is 28.5. The molecule has 0 aromatic heterocycles. The zero-order valence-electron chi connectivity index (χ0n) is 77.0. The Kier molecular flexibility index (Phi) is 23.4. The van der Waals surface area contributed by atoms with Crippen molar-refractivity contribution >= 4 is 22.9 Å². The number of ether oxygens (including phenoxy) is 3. The van der Waals surface area contributed by atoms with E-state index in [2.05, 4.69) is 327 Å². The summed E-state index contributed by atoms with van der Waals surface area (Å²) in [6, 6.07) is 45.1. The van der Waals surface area contributed by atoms with Crippen molar-refractivity contribution in [2.75, 3.05) is 4.90 Å². The fourth-order valence-electron chi connectivity index (χ4n) is 26.6. The minimum absolute atomic E-state index is 0.00153. The topological polar surface area (TPSA) is 30.9 Å². The molecule has 1 fully saturated rings. The minimum Gasteiger partial charge on any atom is -0.485 e. The van der Waals surface area contributed by atoms with E-state index in [1.54, 1.807) is 28.4 Å². The van der Waals surface area contributed by atoms with Crippen molar-refractivity contribution < 1.29 is 23.0 Å². The van der Waals surface area contributed by atoms with Crippen molar-refractivity contribution in [1.82, 2.24) is 0 Å². The van der Waals surface area contributed by atoms with E-state index in [1.165, 1.54) is 95.8 Å². The Balaban J connectivity index is 0.671. The van der Waals surface area contributed by atoms with Crippen molar-refractivity contribution in [2.24, 2.45) is 64.1 Å². The van der Waals surface area contributed by atoms with Crippen LogP contribution >= 0.6 is 0 Å². The van der Waals surface area contributed by atoms with Gasteiger partial charge < -0.3 is 19.1 Å². The summed E-state index contributed by atoms with van der Waals surface area (Å²) in [7, 11) is 0. The molecule has 21 rings (SSSR count). The molecular formula is C123H131F2NO3. The molecule has 1 heterocycles. The third-order valence-corrected chi connectivity index (χ3v) is 33.4. The monoisotopic (exact) mass is 1710 g/mol. The van der Waals surface area contributed by atoms with Crippen LogP contribution in [0.2, 0.25) is 0 Å². The maximum absolute atomic E-state index is 14.7. The summed E-state index contributed by atoms with van der Waals surface area (Å²) in [6.45, 7) is 22.6. The molecule has 1 aliphatic heterocycles. The lowest BCUT2D eigenvalue weighted by atomic mass is 9.55. The zero-order chi connectivity index (χ0) is 87.9. The second-order valence-electron chi connectivity index (χ2n) is 42.5. The average molecular weight is 1710 g/mol. The fourth-order valence-corrected chi connectivity index (χ4v) is 26.6. The van der Waals surface area contributed by atoms with Crippen LogP contribution in [0.25, 0.3) is 17.2 Å². The molecule has 6 heteroatoms. The van der Waals surface area contributed by atoms with Gasteiger partial charge in [-0.05, 0) is 314 Å². The highest BCUT2D eigenvalue weighted by Crippen LogP contribution is 2.69. The molecule has 0 N–H and O–H groups in total. The number of nitrogens with zero attached hydrogens (tertiary/aromatic N) is 1. The van der Waals surface area contributed by atoms with Crippen LogP contribution in [-0.4, -0.2) is 30.5 Å². The van der Waals surface area contributed by atoms with Crippen LogP contribution < -0.4 is 14.4 Å². The van der Waals surface area contributed by atoms with E-state index in [0.29, 0.717) is 48.9 Å². The quantitative estimate of drug-likeness (QED) is 0.0727. The number of alkyl halides is 1. The normalized spacial score (nSPS) is 31.6. The zero-order valence-corrected chi connectivity index (χ0v) is 77.0. The van der Waals surface area contributed by atoms with E-state index in [0.717, 1.165) is 145 Å². The number of fused-ring (bicyclic) bond motifs is 7. The summed E-state index contributed by atoms with van der Waals surface area (Å²) in [4.78, 5) is 2.73. The Morgan fingerprint density at radius 2 is 1.38 bits per heavy atom.